The monoisotopic (exact) mass is 762 g/mol. The van der Waals surface area contributed by atoms with E-state index in [4.69, 9.17) is 14.2 Å². The zero-order chi connectivity index (χ0) is 38.0. The Morgan fingerprint density at radius 3 is 1.02 bits per heavy atom. The highest BCUT2D eigenvalue weighted by atomic mass is 32.2. The van der Waals surface area contributed by atoms with E-state index in [0.717, 1.165) is 48.5 Å². The Morgan fingerprint density at radius 2 is 0.679 bits per heavy atom. The number of halogens is 4. The first-order chi connectivity index (χ1) is 25.2. The third-order valence-corrected chi connectivity index (χ3v) is 12.3. The van der Waals surface area contributed by atoms with Crippen molar-refractivity contribution in [3.05, 3.63) is 168 Å². The van der Waals surface area contributed by atoms with E-state index < -0.39 is 37.1 Å². The van der Waals surface area contributed by atoms with Gasteiger partial charge < -0.3 is 14.2 Å². The van der Waals surface area contributed by atoms with Crippen LogP contribution in [-0.4, -0.2) is 37.2 Å². The van der Waals surface area contributed by atoms with Gasteiger partial charge in [-0.3, -0.25) is 0 Å². The average molecular weight is 763 g/mol. The van der Waals surface area contributed by atoms with E-state index in [1.165, 1.54) is 111 Å². The van der Waals surface area contributed by atoms with Crippen LogP contribution < -0.4 is 14.2 Å². The molecule has 6 rings (SSSR count). The summed E-state index contributed by atoms with van der Waals surface area (Å²) in [5, 5.41) is 0. The summed E-state index contributed by atoms with van der Waals surface area (Å²) in [4.78, 5) is -0.411. The van der Waals surface area contributed by atoms with Crippen LogP contribution >= 0.6 is 0 Å². The highest BCUT2D eigenvalue weighted by molar-refractivity contribution is 7.91. The van der Waals surface area contributed by atoms with Crippen molar-refractivity contribution >= 4 is 19.7 Å². The SMILES string of the molecule is COc1ccc(C(c2ccc(Oc3ccc(S(=O)(=O)c4ccc(OC)cc4)cc3)cc2)(c2ccc(S(=O)(=O)c3ccc(F)cc3)cc2)C(F)(F)F)cc1. The molecule has 0 aliphatic carbocycles. The minimum Gasteiger partial charge on any atom is -0.497 e. The topological polar surface area (TPSA) is 96.0 Å². The van der Waals surface area contributed by atoms with Gasteiger partial charge in [0.25, 0.3) is 0 Å². The van der Waals surface area contributed by atoms with E-state index in [1.807, 2.05) is 0 Å². The van der Waals surface area contributed by atoms with E-state index in [-0.39, 0.29) is 47.8 Å². The molecule has 0 aromatic heterocycles. The van der Waals surface area contributed by atoms with Crippen molar-refractivity contribution in [2.75, 3.05) is 14.2 Å². The van der Waals surface area contributed by atoms with Gasteiger partial charge in [0.05, 0.1) is 33.8 Å². The first kappa shape index (κ1) is 37.1. The molecule has 1 unspecified atom stereocenters. The van der Waals surface area contributed by atoms with Gasteiger partial charge in [-0.15, -0.1) is 0 Å². The van der Waals surface area contributed by atoms with Gasteiger partial charge in [0, 0.05) is 0 Å². The number of hydrogen-bond acceptors (Lipinski definition) is 7. The fourth-order valence-electron chi connectivity index (χ4n) is 5.95. The number of alkyl halides is 3. The van der Waals surface area contributed by atoms with E-state index in [9.17, 15) is 21.2 Å². The van der Waals surface area contributed by atoms with Crippen molar-refractivity contribution in [2.45, 2.75) is 31.2 Å². The van der Waals surface area contributed by atoms with Crippen molar-refractivity contribution in [3.63, 3.8) is 0 Å². The van der Waals surface area contributed by atoms with E-state index >= 15 is 13.2 Å². The molecule has 0 heterocycles. The predicted molar refractivity (Wildman–Crippen MR) is 189 cm³/mol. The molecule has 0 saturated heterocycles. The smallest absolute Gasteiger partial charge is 0.406 e. The molecule has 0 bridgehead atoms. The van der Waals surface area contributed by atoms with Gasteiger partial charge in [-0.05, 0) is 126 Å². The van der Waals surface area contributed by atoms with Gasteiger partial charge in [-0.2, -0.15) is 13.2 Å². The Kier molecular flexibility index (Phi) is 10.1. The van der Waals surface area contributed by atoms with Crippen LogP contribution in [-0.2, 0) is 25.1 Å². The largest absolute Gasteiger partial charge is 0.497 e. The van der Waals surface area contributed by atoms with Gasteiger partial charge in [-0.1, -0.05) is 36.4 Å². The van der Waals surface area contributed by atoms with Gasteiger partial charge >= 0.3 is 6.18 Å². The Morgan fingerprint density at radius 1 is 0.415 bits per heavy atom. The maximum atomic E-state index is 15.7. The molecule has 0 spiro atoms. The normalized spacial score (nSPS) is 13.2. The van der Waals surface area contributed by atoms with Crippen LogP contribution in [0, 0.1) is 5.82 Å². The number of methoxy groups -OCH3 is 2. The molecule has 0 aliphatic heterocycles. The Labute approximate surface area is 303 Å². The second kappa shape index (κ2) is 14.4. The number of ether oxygens (including phenoxy) is 3. The van der Waals surface area contributed by atoms with Crippen molar-refractivity contribution in [1.29, 1.82) is 0 Å². The summed E-state index contributed by atoms with van der Waals surface area (Å²) in [5.41, 5.74) is -3.41. The molecule has 0 fully saturated rings. The van der Waals surface area contributed by atoms with Gasteiger partial charge in [0.2, 0.25) is 19.7 Å². The molecule has 7 nitrogen and oxygen atoms in total. The number of rotatable bonds is 11. The summed E-state index contributed by atoms with van der Waals surface area (Å²) in [7, 11) is -5.16. The van der Waals surface area contributed by atoms with Crippen LogP contribution in [0.15, 0.2) is 165 Å². The highest BCUT2D eigenvalue weighted by Crippen LogP contribution is 2.52. The Balaban J connectivity index is 1.35. The summed E-state index contributed by atoms with van der Waals surface area (Å²) in [6.07, 6.45) is -4.95. The van der Waals surface area contributed by atoms with E-state index in [0.29, 0.717) is 11.5 Å². The van der Waals surface area contributed by atoms with Crippen LogP contribution in [0.1, 0.15) is 16.7 Å². The van der Waals surface area contributed by atoms with Gasteiger partial charge in [0.15, 0.2) is 0 Å². The molecule has 0 aliphatic rings. The minimum absolute atomic E-state index is 0.0105. The van der Waals surface area contributed by atoms with Crippen LogP contribution in [0.25, 0.3) is 0 Å². The zero-order valence-electron chi connectivity index (χ0n) is 28.0. The molecule has 13 heteroatoms. The molecular weight excluding hydrogens is 733 g/mol. The third kappa shape index (κ3) is 7.09. The van der Waals surface area contributed by atoms with Crippen LogP contribution in [0.4, 0.5) is 17.6 Å². The van der Waals surface area contributed by atoms with E-state index in [1.54, 1.807) is 0 Å². The summed E-state index contributed by atoms with van der Waals surface area (Å²) < 4.78 is 129. The molecule has 6 aromatic carbocycles. The average Bonchev–Trinajstić information content (AvgIpc) is 3.16. The molecule has 6 aromatic rings. The van der Waals surface area contributed by atoms with Crippen LogP contribution in [0.3, 0.4) is 0 Å². The third-order valence-electron chi connectivity index (χ3n) is 8.70. The summed E-state index contributed by atoms with van der Waals surface area (Å²) in [6.45, 7) is 0. The molecule has 0 saturated carbocycles. The first-order valence-electron chi connectivity index (χ1n) is 15.8. The van der Waals surface area contributed by atoms with E-state index in [2.05, 4.69) is 0 Å². The standard InChI is InChI=1S/C40H30F4O7S2/c1-49-31-11-3-27(4-12-31)39(40(42,43)44,29-7-19-35(20-8-29)52(45,46)36-21-9-30(41)10-22-36)28-5-13-33(14-6-28)51-34-17-25-38(26-18-34)53(47,48)37-23-15-32(50-2)16-24-37/h3-26H,1-2H3. The lowest BCUT2D eigenvalue weighted by Crippen LogP contribution is -2.44. The number of benzene rings is 6. The van der Waals surface area contributed by atoms with Crippen molar-refractivity contribution in [2.24, 2.45) is 0 Å². The van der Waals surface area contributed by atoms with Crippen molar-refractivity contribution in [3.8, 4) is 23.0 Å². The molecule has 1 atom stereocenters. The highest BCUT2D eigenvalue weighted by Gasteiger charge is 2.58. The Hall–Kier alpha value is -5.66. The molecule has 0 N–H and O–H groups in total. The lowest BCUT2D eigenvalue weighted by molar-refractivity contribution is -0.166. The summed E-state index contributed by atoms with van der Waals surface area (Å²) in [6, 6.07) is 30.7. The van der Waals surface area contributed by atoms with Gasteiger partial charge in [-0.25, -0.2) is 21.2 Å². The zero-order valence-corrected chi connectivity index (χ0v) is 29.7. The first-order valence-corrected chi connectivity index (χ1v) is 18.8. The summed E-state index contributed by atoms with van der Waals surface area (Å²) in [5.74, 6) is 0.603. The lowest BCUT2D eigenvalue weighted by atomic mass is 9.68. The van der Waals surface area contributed by atoms with Crippen LogP contribution in [0.2, 0.25) is 0 Å². The molecular formula is C40H30F4O7S2. The maximum absolute atomic E-state index is 15.7. The molecule has 0 amide bonds. The molecule has 53 heavy (non-hydrogen) atoms. The second-order valence-corrected chi connectivity index (χ2v) is 15.6. The molecule has 272 valence electrons. The molecule has 0 radical (unpaired) electrons. The minimum atomic E-state index is -4.95. The van der Waals surface area contributed by atoms with Gasteiger partial charge in [0.1, 0.15) is 34.2 Å². The lowest BCUT2D eigenvalue weighted by Gasteiger charge is -2.37. The van der Waals surface area contributed by atoms with Crippen LogP contribution in [0.5, 0.6) is 23.0 Å². The maximum Gasteiger partial charge on any atom is 0.406 e. The number of hydrogen-bond donors (Lipinski definition) is 0. The number of sulfone groups is 2. The second-order valence-electron chi connectivity index (χ2n) is 11.7. The quantitative estimate of drug-likeness (QED) is 0.0738. The van der Waals surface area contributed by atoms with Crippen molar-refractivity contribution < 1.29 is 48.6 Å². The predicted octanol–water partition coefficient (Wildman–Crippen LogP) is 9.20. The Bertz CT molecular complexity index is 2420. The van der Waals surface area contributed by atoms with Crippen molar-refractivity contribution in [1.82, 2.24) is 0 Å². The fraction of sp³-hybridized carbons (Fsp3) is 0.100. The fourth-order valence-corrected chi connectivity index (χ4v) is 8.47. The summed E-state index contributed by atoms with van der Waals surface area (Å²) >= 11 is 0.